The summed E-state index contributed by atoms with van der Waals surface area (Å²) in [5, 5.41) is 2.39. The zero-order valence-corrected chi connectivity index (χ0v) is 18.5. The molecule has 2 aromatic carbocycles. The van der Waals surface area contributed by atoms with E-state index in [1.165, 1.54) is 33.8 Å². The van der Waals surface area contributed by atoms with Crippen LogP contribution >= 0.6 is 34.5 Å². The van der Waals surface area contributed by atoms with Gasteiger partial charge in [0.05, 0.1) is 20.6 Å². The second-order valence-corrected chi connectivity index (χ2v) is 10.2. The van der Waals surface area contributed by atoms with E-state index in [4.69, 9.17) is 23.2 Å². The predicted molar refractivity (Wildman–Crippen MR) is 115 cm³/mol. The molecular formula is C19H15Cl2F2N3O2S2. The monoisotopic (exact) mass is 489 g/mol. The first kappa shape index (κ1) is 21.5. The number of aromatic nitrogens is 1. The van der Waals surface area contributed by atoms with Crippen molar-refractivity contribution in [1.29, 1.82) is 0 Å². The van der Waals surface area contributed by atoms with Crippen molar-refractivity contribution in [3.05, 3.63) is 63.5 Å². The van der Waals surface area contributed by atoms with Crippen LogP contribution in [-0.2, 0) is 10.0 Å². The molecule has 0 atom stereocenters. The van der Waals surface area contributed by atoms with E-state index in [-0.39, 0.29) is 28.0 Å². The number of halogens is 4. The van der Waals surface area contributed by atoms with Gasteiger partial charge in [0.2, 0.25) is 10.0 Å². The average Bonchev–Trinajstić information content (AvgIpc) is 3.22. The Balaban J connectivity index is 1.46. The van der Waals surface area contributed by atoms with Crippen LogP contribution < -0.4 is 4.90 Å². The molecule has 4 rings (SSSR count). The number of hydrogen-bond acceptors (Lipinski definition) is 5. The average molecular weight is 490 g/mol. The lowest BCUT2D eigenvalue weighted by Crippen LogP contribution is -2.48. The topological polar surface area (TPSA) is 53.5 Å². The third kappa shape index (κ3) is 4.17. The summed E-state index contributed by atoms with van der Waals surface area (Å²) in [7, 11) is -3.77. The van der Waals surface area contributed by atoms with Crippen LogP contribution in [-0.4, -0.2) is 43.9 Å². The van der Waals surface area contributed by atoms with Crippen LogP contribution in [0.2, 0.25) is 10.0 Å². The van der Waals surface area contributed by atoms with Gasteiger partial charge in [-0.25, -0.2) is 22.2 Å². The molecule has 0 N–H and O–H groups in total. The van der Waals surface area contributed by atoms with Gasteiger partial charge >= 0.3 is 0 Å². The van der Waals surface area contributed by atoms with Crippen molar-refractivity contribution in [3.63, 3.8) is 0 Å². The van der Waals surface area contributed by atoms with Crippen LogP contribution in [0, 0.1) is 11.6 Å². The Labute approximate surface area is 186 Å². The van der Waals surface area contributed by atoms with E-state index in [1.54, 1.807) is 6.07 Å². The molecule has 1 aromatic heterocycles. The minimum absolute atomic E-state index is 0.0294. The molecule has 0 saturated carbocycles. The van der Waals surface area contributed by atoms with Crippen LogP contribution in [0.4, 0.5) is 13.9 Å². The third-order valence-corrected chi connectivity index (χ3v) is 8.12. The lowest BCUT2D eigenvalue weighted by Gasteiger charge is -2.33. The van der Waals surface area contributed by atoms with Gasteiger partial charge in [0.1, 0.15) is 11.6 Å². The van der Waals surface area contributed by atoms with Gasteiger partial charge < -0.3 is 4.90 Å². The quantitative estimate of drug-likeness (QED) is 0.522. The molecule has 158 valence electrons. The maximum absolute atomic E-state index is 13.4. The first-order valence-corrected chi connectivity index (χ1v) is 11.9. The van der Waals surface area contributed by atoms with Crippen LogP contribution in [0.1, 0.15) is 0 Å². The largest absolute Gasteiger partial charge is 0.345 e. The SMILES string of the molecule is O=S(=O)(c1ccc(F)c(Cl)c1)N1CCN(c2nc(-c3ccc(F)c(Cl)c3)cs2)CC1. The molecule has 0 spiro atoms. The van der Waals surface area contributed by atoms with Crippen LogP contribution in [0.15, 0.2) is 46.7 Å². The van der Waals surface area contributed by atoms with Crippen molar-refractivity contribution < 1.29 is 17.2 Å². The normalized spacial score (nSPS) is 15.5. The Morgan fingerprint density at radius 3 is 2.20 bits per heavy atom. The predicted octanol–water partition coefficient (Wildman–Crippen LogP) is 4.91. The fourth-order valence-corrected chi connectivity index (χ4v) is 5.87. The Kier molecular flexibility index (Phi) is 6.00. The number of rotatable bonds is 4. The van der Waals surface area contributed by atoms with Crippen LogP contribution in [0.25, 0.3) is 11.3 Å². The van der Waals surface area contributed by atoms with Gasteiger partial charge in [-0.2, -0.15) is 4.31 Å². The maximum atomic E-state index is 13.4. The smallest absolute Gasteiger partial charge is 0.243 e. The first-order chi connectivity index (χ1) is 14.3. The number of nitrogens with zero attached hydrogens (tertiary/aromatic N) is 3. The van der Waals surface area contributed by atoms with Gasteiger partial charge in [-0.05, 0) is 36.4 Å². The van der Waals surface area contributed by atoms with E-state index in [0.717, 1.165) is 17.3 Å². The molecule has 1 fully saturated rings. The van der Waals surface area contributed by atoms with Crippen LogP contribution in [0.5, 0.6) is 0 Å². The second-order valence-electron chi connectivity index (χ2n) is 6.61. The van der Waals surface area contributed by atoms with Crippen LogP contribution in [0.3, 0.4) is 0 Å². The standard InChI is InChI=1S/C19H15Cl2F2N3O2S2/c20-14-9-12(1-3-16(14)22)18-11-29-19(24-18)25-5-7-26(8-6-25)30(27,28)13-2-4-17(23)15(21)10-13/h1-4,9-11H,5-8H2. The molecule has 0 unspecified atom stereocenters. The zero-order chi connectivity index (χ0) is 21.5. The number of sulfonamides is 1. The Bertz CT molecular complexity index is 1200. The highest BCUT2D eigenvalue weighted by atomic mass is 35.5. The summed E-state index contributed by atoms with van der Waals surface area (Å²) in [6, 6.07) is 7.81. The Hall–Kier alpha value is -1.78. The fraction of sp³-hybridized carbons (Fsp3) is 0.211. The lowest BCUT2D eigenvalue weighted by atomic mass is 10.2. The zero-order valence-electron chi connectivity index (χ0n) is 15.4. The fourth-order valence-electron chi connectivity index (χ4n) is 3.10. The second kappa shape index (κ2) is 8.39. The molecular weight excluding hydrogens is 475 g/mol. The van der Waals surface area contributed by atoms with E-state index in [0.29, 0.717) is 24.3 Å². The highest BCUT2D eigenvalue weighted by Gasteiger charge is 2.30. The number of hydrogen-bond donors (Lipinski definition) is 0. The van der Waals surface area contributed by atoms with Gasteiger partial charge in [-0.3, -0.25) is 0 Å². The van der Waals surface area contributed by atoms with E-state index in [1.807, 2.05) is 10.3 Å². The molecule has 3 aromatic rings. The summed E-state index contributed by atoms with van der Waals surface area (Å²) in [4.78, 5) is 6.53. The van der Waals surface area contributed by atoms with Gasteiger partial charge in [0.15, 0.2) is 5.13 Å². The molecule has 0 radical (unpaired) electrons. The van der Waals surface area contributed by atoms with Gasteiger partial charge in [-0.15, -0.1) is 11.3 Å². The van der Waals surface area contributed by atoms with Crippen molar-refractivity contribution in [2.45, 2.75) is 4.90 Å². The van der Waals surface area contributed by atoms with Gasteiger partial charge in [0.25, 0.3) is 0 Å². The Morgan fingerprint density at radius 1 is 0.933 bits per heavy atom. The Morgan fingerprint density at radius 2 is 1.57 bits per heavy atom. The van der Waals surface area contributed by atoms with Gasteiger partial charge in [0, 0.05) is 37.1 Å². The summed E-state index contributed by atoms with van der Waals surface area (Å²) in [6.07, 6.45) is 0. The molecule has 0 amide bonds. The molecule has 5 nitrogen and oxygen atoms in total. The summed E-state index contributed by atoms with van der Waals surface area (Å²) in [5.41, 5.74) is 1.38. The number of benzene rings is 2. The van der Waals surface area contributed by atoms with Crippen molar-refractivity contribution in [1.82, 2.24) is 9.29 Å². The molecule has 0 aliphatic carbocycles. The highest BCUT2D eigenvalue weighted by Crippen LogP contribution is 2.31. The maximum Gasteiger partial charge on any atom is 0.243 e. The van der Waals surface area contributed by atoms with E-state index in [9.17, 15) is 17.2 Å². The third-order valence-electron chi connectivity index (χ3n) is 4.75. The van der Waals surface area contributed by atoms with Crippen molar-refractivity contribution in [3.8, 4) is 11.3 Å². The number of thiazole rings is 1. The molecule has 1 aliphatic rings. The molecule has 2 heterocycles. The van der Waals surface area contributed by atoms with Crippen molar-refractivity contribution >= 4 is 49.7 Å². The summed E-state index contributed by atoms with van der Waals surface area (Å²) in [5.74, 6) is -1.15. The van der Waals surface area contributed by atoms with E-state index < -0.39 is 21.7 Å². The molecule has 1 aliphatic heterocycles. The summed E-state index contributed by atoms with van der Waals surface area (Å²) in [6.45, 7) is 1.42. The van der Waals surface area contributed by atoms with Crippen molar-refractivity contribution in [2.24, 2.45) is 0 Å². The van der Waals surface area contributed by atoms with E-state index >= 15 is 0 Å². The van der Waals surface area contributed by atoms with Gasteiger partial charge in [-0.1, -0.05) is 23.2 Å². The molecule has 11 heteroatoms. The lowest BCUT2D eigenvalue weighted by molar-refractivity contribution is 0.384. The summed E-state index contributed by atoms with van der Waals surface area (Å²) >= 11 is 13.0. The number of anilines is 1. The molecule has 0 bridgehead atoms. The van der Waals surface area contributed by atoms with Crippen molar-refractivity contribution in [2.75, 3.05) is 31.1 Å². The van der Waals surface area contributed by atoms with E-state index in [2.05, 4.69) is 4.98 Å². The highest BCUT2D eigenvalue weighted by molar-refractivity contribution is 7.89. The summed E-state index contributed by atoms with van der Waals surface area (Å²) < 4.78 is 53.7. The number of piperazine rings is 1. The minimum atomic E-state index is -3.77. The minimum Gasteiger partial charge on any atom is -0.345 e. The first-order valence-electron chi connectivity index (χ1n) is 8.87. The molecule has 30 heavy (non-hydrogen) atoms. The molecule has 1 saturated heterocycles.